The molecule has 0 spiro atoms. The maximum absolute atomic E-state index is 11.7. The van der Waals surface area contributed by atoms with Crippen LogP contribution < -0.4 is 15.8 Å². The average molecular weight is 257 g/mol. The quantitative estimate of drug-likeness (QED) is 0.878. The second-order valence-electron chi connectivity index (χ2n) is 4.08. The summed E-state index contributed by atoms with van der Waals surface area (Å²) < 4.78 is 5.33. The molecule has 3 N–H and O–H groups in total. The number of nitrogens with two attached hydrogens (primary N) is 1. The number of carbonyl (C=O) groups excluding carboxylic acids is 1. The molecule has 1 aromatic heterocycles. The fourth-order valence-electron chi connectivity index (χ4n) is 1.48. The molecule has 1 amide bonds. The van der Waals surface area contributed by atoms with E-state index in [1.807, 2.05) is 25.1 Å². The lowest BCUT2D eigenvalue weighted by atomic mass is 10.2. The van der Waals surface area contributed by atoms with E-state index in [-0.39, 0.29) is 12.5 Å². The number of amides is 1. The lowest BCUT2D eigenvalue weighted by molar-refractivity contribution is -0.118. The number of nitrogen functional groups attached to an aromatic ring is 1. The van der Waals surface area contributed by atoms with Crippen LogP contribution in [0.25, 0.3) is 0 Å². The highest BCUT2D eigenvalue weighted by Gasteiger charge is 2.05. The van der Waals surface area contributed by atoms with Gasteiger partial charge in [0.15, 0.2) is 6.61 Å². The smallest absolute Gasteiger partial charge is 0.263 e. The molecule has 2 rings (SSSR count). The Labute approximate surface area is 111 Å². The number of para-hydroxylation sites is 1. The van der Waals surface area contributed by atoms with Crippen molar-refractivity contribution in [2.75, 3.05) is 17.7 Å². The molecule has 5 heteroatoms. The molecule has 98 valence electrons. The number of nitrogens with one attached hydrogen (secondary N) is 1. The number of aryl methyl sites for hydroxylation is 1. The molecular formula is C14H15N3O2. The minimum absolute atomic E-state index is 0.0604. The van der Waals surface area contributed by atoms with Crippen molar-refractivity contribution in [3.8, 4) is 5.75 Å². The molecule has 0 bridgehead atoms. The zero-order valence-corrected chi connectivity index (χ0v) is 10.6. The summed E-state index contributed by atoms with van der Waals surface area (Å²) in [6.07, 6.45) is 1.52. The van der Waals surface area contributed by atoms with E-state index < -0.39 is 0 Å². The van der Waals surface area contributed by atoms with E-state index in [4.69, 9.17) is 10.5 Å². The molecule has 0 saturated carbocycles. The van der Waals surface area contributed by atoms with E-state index in [1.165, 1.54) is 6.20 Å². The predicted molar refractivity (Wildman–Crippen MR) is 74.0 cm³/mol. The Kier molecular flexibility index (Phi) is 3.97. The van der Waals surface area contributed by atoms with E-state index in [9.17, 15) is 4.79 Å². The maximum Gasteiger partial charge on any atom is 0.263 e. The summed E-state index contributed by atoms with van der Waals surface area (Å²) in [5.41, 5.74) is 7.12. The van der Waals surface area contributed by atoms with Gasteiger partial charge in [-0.2, -0.15) is 0 Å². The number of ether oxygens (including phenoxy) is 1. The summed E-state index contributed by atoms with van der Waals surface area (Å²) >= 11 is 0. The summed E-state index contributed by atoms with van der Waals surface area (Å²) in [6.45, 7) is 1.79. The first-order valence-corrected chi connectivity index (χ1v) is 5.85. The Morgan fingerprint density at radius 3 is 2.79 bits per heavy atom. The van der Waals surface area contributed by atoms with Crippen LogP contribution in [0.5, 0.6) is 5.75 Å². The topological polar surface area (TPSA) is 77.2 Å². The van der Waals surface area contributed by atoms with Gasteiger partial charge in [0.25, 0.3) is 5.91 Å². The molecule has 0 fully saturated rings. The third kappa shape index (κ3) is 3.70. The minimum Gasteiger partial charge on any atom is -0.484 e. The van der Waals surface area contributed by atoms with Gasteiger partial charge in [-0.25, -0.2) is 4.98 Å². The molecule has 19 heavy (non-hydrogen) atoms. The SMILES string of the molecule is Cc1cc(NC(=O)COc2ccccc2)ncc1N. The number of rotatable bonds is 4. The van der Waals surface area contributed by atoms with Gasteiger partial charge in [-0.05, 0) is 30.7 Å². The van der Waals surface area contributed by atoms with E-state index in [2.05, 4.69) is 10.3 Å². The monoisotopic (exact) mass is 257 g/mol. The molecule has 0 aliphatic carbocycles. The Balaban J connectivity index is 1.89. The van der Waals surface area contributed by atoms with Gasteiger partial charge in [0.2, 0.25) is 0 Å². The van der Waals surface area contributed by atoms with Crippen molar-refractivity contribution in [2.45, 2.75) is 6.92 Å². The number of benzene rings is 1. The molecule has 0 aliphatic heterocycles. The van der Waals surface area contributed by atoms with Crippen molar-refractivity contribution in [3.05, 3.63) is 48.2 Å². The van der Waals surface area contributed by atoms with Crippen molar-refractivity contribution < 1.29 is 9.53 Å². The lowest BCUT2D eigenvalue weighted by Crippen LogP contribution is -2.20. The van der Waals surface area contributed by atoms with E-state index in [0.29, 0.717) is 17.3 Å². The highest BCUT2D eigenvalue weighted by atomic mass is 16.5. The van der Waals surface area contributed by atoms with Crippen LogP contribution in [0.2, 0.25) is 0 Å². The van der Waals surface area contributed by atoms with Gasteiger partial charge in [0.1, 0.15) is 11.6 Å². The summed E-state index contributed by atoms with van der Waals surface area (Å²) in [5.74, 6) is 0.855. The molecule has 5 nitrogen and oxygen atoms in total. The van der Waals surface area contributed by atoms with Gasteiger partial charge in [0.05, 0.1) is 11.9 Å². The number of carbonyl (C=O) groups is 1. The summed E-state index contributed by atoms with van der Waals surface area (Å²) in [5, 5.41) is 2.65. The maximum atomic E-state index is 11.7. The van der Waals surface area contributed by atoms with E-state index in [1.54, 1.807) is 18.2 Å². The molecule has 0 unspecified atom stereocenters. The first kappa shape index (κ1) is 12.9. The first-order valence-electron chi connectivity index (χ1n) is 5.85. The van der Waals surface area contributed by atoms with Gasteiger partial charge in [-0.15, -0.1) is 0 Å². The molecule has 0 atom stereocenters. The fourth-order valence-corrected chi connectivity index (χ4v) is 1.48. The Morgan fingerprint density at radius 1 is 1.37 bits per heavy atom. The number of anilines is 2. The lowest BCUT2D eigenvalue weighted by Gasteiger charge is -2.08. The number of aromatic nitrogens is 1. The number of hydrogen-bond acceptors (Lipinski definition) is 4. The summed E-state index contributed by atoms with van der Waals surface area (Å²) in [7, 11) is 0. The van der Waals surface area contributed by atoms with Gasteiger partial charge < -0.3 is 15.8 Å². The normalized spacial score (nSPS) is 9.95. The van der Waals surface area contributed by atoms with Crippen molar-refractivity contribution in [1.29, 1.82) is 0 Å². The fraction of sp³-hybridized carbons (Fsp3) is 0.143. The van der Waals surface area contributed by atoms with Gasteiger partial charge >= 0.3 is 0 Å². The zero-order valence-electron chi connectivity index (χ0n) is 10.6. The third-order valence-corrected chi connectivity index (χ3v) is 2.53. The van der Waals surface area contributed by atoms with Gasteiger partial charge in [-0.1, -0.05) is 18.2 Å². The van der Waals surface area contributed by atoms with Crippen LogP contribution in [0, 0.1) is 6.92 Å². The molecular weight excluding hydrogens is 242 g/mol. The number of pyridine rings is 1. The predicted octanol–water partition coefficient (Wildman–Crippen LogP) is 1.99. The summed E-state index contributed by atoms with van der Waals surface area (Å²) in [6, 6.07) is 10.9. The second-order valence-corrected chi connectivity index (χ2v) is 4.08. The van der Waals surface area contributed by atoms with Gasteiger partial charge in [-0.3, -0.25) is 4.79 Å². The molecule has 0 saturated heterocycles. The molecule has 0 radical (unpaired) electrons. The zero-order chi connectivity index (χ0) is 13.7. The van der Waals surface area contributed by atoms with Crippen LogP contribution in [-0.4, -0.2) is 17.5 Å². The van der Waals surface area contributed by atoms with Crippen LogP contribution in [0.1, 0.15) is 5.56 Å². The van der Waals surface area contributed by atoms with E-state index >= 15 is 0 Å². The van der Waals surface area contributed by atoms with Crippen LogP contribution in [0.4, 0.5) is 11.5 Å². The molecule has 0 aliphatic rings. The molecule has 2 aromatic rings. The number of nitrogens with zero attached hydrogens (tertiary/aromatic N) is 1. The minimum atomic E-state index is -0.263. The first-order chi connectivity index (χ1) is 9.15. The largest absolute Gasteiger partial charge is 0.484 e. The van der Waals surface area contributed by atoms with Crippen molar-refractivity contribution >= 4 is 17.4 Å². The molecule has 1 heterocycles. The van der Waals surface area contributed by atoms with Crippen LogP contribution in [0.15, 0.2) is 42.6 Å². The number of hydrogen-bond donors (Lipinski definition) is 2. The van der Waals surface area contributed by atoms with Crippen molar-refractivity contribution in [1.82, 2.24) is 4.98 Å². The van der Waals surface area contributed by atoms with E-state index in [0.717, 1.165) is 5.56 Å². The highest BCUT2D eigenvalue weighted by molar-refractivity contribution is 5.91. The Bertz CT molecular complexity index is 570. The molecule has 1 aromatic carbocycles. The summed E-state index contributed by atoms with van der Waals surface area (Å²) in [4.78, 5) is 15.7. The third-order valence-electron chi connectivity index (χ3n) is 2.53. The van der Waals surface area contributed by atoms with Crippen LogP contribution in [-0.2, 0) is 4.79 Å². The van der Waals surface area contributed by atoms with Crippen LogP contribution >= 0.6 is 0 Å². The second kappa shape index (κ2) is 5.86. The van der Waals surface area contributed by atoms with Crippen LogP contribution in [0.3, 0.4) is 0 Å². The average Bonchev–Trinajstić information content (AvgIpc) is 2.42. The highest BCUT2D eigenvalue weighted by Crippen LogP contribution is 2.13. The van der Waals surface area contributed by atoms with Gasteiger partial charge in [0, 0.05) is 0 Å². The Hall–Kier alpha value is -2.56. The Morgan fingerprint density at radius 2 is 2.11 bits per heavy atom. The van der Waals surface area contributed by atoms with Crippen molar-refractivity contribution in [3.63, 3.8) is 0 Å². The standard InChI is InChI=1S/C14H15N3O2/c1-10-7-13(16-8-12(10)15)17-14(18)9-19-11-5-3-2-4-6-11/h2-8H,9,15H2,1H3,(H,16,17,18). The van der Waals surface area contributed by atoms with Crippen molar-refractivity contribution in [2.24, 2.45) is 0 Å².